The number of aromatic nitrogens is 3. The molecule has 0 N–H and O–H groups in total. The second kappa shape index (κ2) is 10.1. The largest absolute Gasteiger partial charge is 0.367 e. The molecule has 33 heavy (non-hydrogen) atoms. The molecule has 2 fully saturated rings. The molecule has 0 amide bonds. The summed E-state index contributed by atoms with van der Waals surface area (Å²) in [6.07, 6.45) is 6.54. The number of carbonyl (C=O) groups is 1. The Morgan fingerprint density at radius 1 is 1.12 bits per heavy atom. The van der Waals surface area contributed by atoms with E-state index in [0.29, 0.717) is 24.8 Å². The third kappa shape index (κ3) is 5.92. The Balaban J connectivity index is 1.51. The van der Waals surface area contributed by atoms with Crippen molar-refractivity contribution in [1.29, 1.82) is 0 Å². The van der Waals surface area contributed by atoms with Crippen molar-refractivity contribution in [2.45, 2.75) is 111 Å². The molecule has 2 saturated carbocycles. The van der Waals surface area contributed by atoms with E-state index in [4.69, 9.17) is 4.74 Å². The quantitative estimate of drug-likeness (QED) is 0.394. The zero-order valence-corrected chi connectivity index (χ0v) is 21.3. The highest BCUT2D eigenvalue weighted by atomic mass is 16.5. The summed E-state index contributed by atoms with van der Waals surface area (Å²) in [5, 5.41) is 9.32. The predicted molar refractivity (Wildman–Crippen MR) is 131 cm³/mol. The van der Waals surface area contributed by atoms with Gasteiger partial charge in [0.1, 0.15) is 17.7 Å². The van der Waals surface area contributed by atoms with E-state index in [0.717, 1.165) is 29.0 Å². The SMILES string of the molecule is Cc1ccc(CC(=O)C[C@H](OC(C)C)c2nnc(C3CC(CC(C)C)C3)n2C2CC2)c(C)c1. The van der Waals surface area contributed by atoms with Crippen molar-refractivity contribution >= 4 is 5.78 Å². The highest BCUT2D eigenvalue weighted by molar-refractivity contribution is 5.81. The Hall–Kier alpha value is -2.01. The van der Waals surface area contributed by atoms with Crippen LogP contribution in [0, 0.1) is 25.7 Å². The number of hydrogen-bond acceptors (Lipinski definition) is 4. The van der Waals surface area contributed by atoms with E-state index in [1.54, 1.807) is 0 Å². The first-order valence-electron chi connectivity index (χ1n) is 12.9. The molecule has 0 spiro atoms. The maximum absolute atomic E-state index is 13.1. The Bertz CT molecular complexity index is 968. The number of hydrogen-bond donors (Lipinski definition) is 0. The van der Waals surface area contributed by atoms with Crippen LogP contribution in [0.4, 0.5) is 0 Å². The summed E-state index contributed by atoms with van der Waals surface area (Å²) in [4.78, 5) is 13.1. The normalized spacial score (nSPS) is 21.5. The fraction of sp³-hybridized carbons (Fsp3) is 0.679. The molecule has 4 rings (SSSR count). The molecule has 180 valence electrons. The number of Topliss-reactive ketones (excluding diaryl/α,β-unsaturated/α-hetero) is 1. The van der Waals surface area contributed by atoms with E-state index in [1.807, 2.05) is 13.8 Å². The van der Waals surface area contributed by atoms with E-state index < -0.39 is 0 Å². The summed E-state index contributed by atoms with van der Waals surface area (Å²) >= 11 is 0. The molecule has 0 unspecified atom stereocenters. The summed E-state index contributed by atoms with van der Waals surface area (Å²) in [5.41, 5.74) is 3.50. The maximum Gasteiger partial charge on any atom is 0.162 e. The van der Waals surface area contributed by atoms with Crippen LogP contribution in [0.25, 0.3) is 0 Å². The van der Waals surface area contributed by atoms with Crippen molar-refractivity contribution in [2.75, 3.05) is 0 Å². The summed E-state index contributed by atoms with van der Waals surface area (Å²) in [6.45, 7) is 12.8. The third-order valence-electron chi connectivity index (χ3n) is 7.09. The van der Waals surface area contributed by atoms with E-state index in [-0.39, 0.29) is 18.0 Å². The van der Waals surface area contributed by atoms with Gasteiger partial charge in [-0.05, 0) is 82.8 Å². The highest BCUT2D eigenvalue weighted by Crippen LogP contribution is 2.48. The van der Waals surface area contributed by atoms with Crippen molar-refractivity contribution in [3.05, 3.63) is 46.5 Å². The van der Waals surface area contributed by atoms with E-state index in [2.05, 4.69) is 60.7 Å². The number of ketones is 1. The van der Waals surface area contributed by atoms with Crippen molar-refractivity contribution in [1.82, 2.24) is 14.8 Å². The number of carbonyl (C=O) groups excluding carboxylic acids is 1. The first kappa shape index (κ1) is 24.1. The van der Waals surface area contributed by atoms with Crippen LogP contribution < -0.4 is 0 Å². The Kier molecular flexibility index (Phi) is 7.37. The van der Waals surface area contributed by atoms with Crippen LogP contribution in [0.5, 0.6) is 0 Å². The van der Waals surface area contributed by atoms with Gasteiger partial charge in [-0.1, -0.05) is 37.6 Å². The van der Waals surface area contributed by atoms with Gasteiger partial charge >= 0.3 is 0 Å². The topological polar surface area (TPSA) is 57.0 Å². The molecule has 5 nitrogen and oxygen atoms in total. The van der Waals surface area contributed by atoms with Crippen LogP contribution in [0.2, 0.25) is 0 Å². The fourth-order valence-electron chi connectivity index (χ4n) is 5.39. The molecule has 2 aromatic rings. The molecular formula is C28H41N3O2. The lowest BCUT2D eigenvalue weighted by molar-refractivity contribution is -0.122. The monoisotopic (exact) mass is 451 g/mol. The first-order chi connectivity index (χ1) is 15.7. The van der Waals surface area contributed by atoms with Gasteiger partial charge in [-0.2, -0.15) is 0 Å². The summed E-state index contributed by atoms with van der Waals surface area (Å²) in [7, 11) is 0. The van der Waals surface area contributed by atoms with Crippen LogP contribution in [0.3, 0.4) is 0 Å². The van der Waals surface area contributed by atoms with E-state index in [1.165, 1.54) is 43.2 Å². The Morgan fingerprint density at radius 3 is 2.45 bits per heavy atom. The van der Waals surface area contributed by atoms with Crippen molar-refractivity contribution < 1.29 is 9.53 Å². The average molecular weight is 452 g/mol. The standard InChI is InChI=1S/C28H41N3O2/c1-17(2)11-21-13-23(14-21)27-29-30-28(31(27)24-9-10-24)26(33-18(3)4)16-25(32)15-22-8-7-19(5)12-20(22)6/h7-8,12,17-18,21,23-24,26H,9-11,13-16H2,1-6H3/t21?,23?,26-/m0/s1. The molecule has 1 aromatic heterocycles. The smallest absolute Gasteiger partial charge is 0.162 e. The molecule has 2 aliphatic carbocycles. The molecule has 0 radical (unpaired) electrons. The molecule has 1 heterocycles. The third-order valence-corrected chi connectivity index (χ3v) is 7.09. The Morgan fingerprint density at radius 2 is 1.85 bits per heavy atom. The molecule has 0 saturated heterocycles. The minimum Gasteiger partial charge on any atom is -0.367 e. The van der Waals surface area contributed by atoms with E-state index in [9.17, 15) is 4.79 Å². The van der Waals surface area contributed by atoms with Crippen LogP contribution in [0.1, 0.15) is 113 Å². The molecule has 1 atom stereocenters. The first-order valence-corrected chi connectivity index (χ1v) is 12.9. The van der Waals surface area contributed by atoms with E-state index >= 15 is 0 Å². The van der Waals surface area contributed by atoms with Gasteiger partial charge in [0.2, 0.25) is 0 Å². The van der Waals surface area contributed by atoms with Gasteiger partial charge in [0.25, 0.3) is 0 Å². The van der Waals surface area contributed by atoms with Gasteiger partial charge in [0.15, 0.2) is 5.82 Å². The van der Waals surface area contributed by atoms with Gasteiger partial charge in [-0.3, -0.25) is 4.79 Å². The van der Waals surface area contributed by atoms with Crippen LogP contribution >= 0.6 is 0 Å². The predicted octanol–water partition coefficient (Wildman–Crippen LogP) is 6.44. The number of aryl methyl sites for hydroxylation is 2. The minimum atomic E-state index is -0.336. The van der Waals surface area contributed by atoms with Crippen molar-refractivity contribution in [3.8, 4) is 0 Å². The lowest BCUT2D eigenvalue weighted by atomic mass is 9.71. The van der Waals surface area contributed by atoms with Crippen molar-refractivity contribution in [2.24, 2.45) is 11.8 Å². The maximum atomic E-state index is 13.1. The van der Waals surface area contributed by atoms with Gasteiger partial charge in [-0.15, -0.1) is 10.2 Å². The van der Waals surface area contributed by atoms with Crippen molar-refractivity contribution in [3.63, 3.8) is 0 Å². The molecule has 1 aromatic carbocycles. The number of nitrogens with zero attached hydrogens (tertiary/aromatic N) is 3. The second-order valence-electron chi connectivity index (χ2n) is 11.2. The summed E-state index contributed by atoms with van der Waals surface area (Å²) in [5.74, 6) is 4.25. The zero-order chi connectivity index (χ0) is 23.7. The van der Waals surface area contributed by atoms with Crippen LogP contribution in [-0.2, 0) is 16.0 Å². The summed E-state index contributed by atoms with van der Waals surface area (Å²) in [6, 6.07) is 6.78. The Labute approximate surface area is 199 Å². The molecular weight excluding hydrogens is 410 g/mol. The second-order valence-corrected chi connectivity index (χ2v) is 11.2. The number of benzene rings is 1. The van der Waals surface area contributed by atoms with Gasteiger partial charge in [-0.25, -0.2) is 0 Å². The number of ether oxygens (including phenoxy) is 1. The lowest BCUT2D eigenvalue weighted by Gasteiger charge is -2.36. The average Bonchev–Trinajstić information content (AvgIpc) is 3.44. The van der Waals surface area contributed by atoms with Gasteiger partial charge in [0.05, 0.1) is 6.10 Å². The minimum absolute atomic E-state index is 0.0239. The lowest BCUT2D eigenvalue weighted by Crippen LogP contribution is -2.27. The van der Waals surface area contributed by atoms with Gasteiger partial charge in [0, 0.05) is 24.8 Å². The highest BCUT2D eigenvalue weighted by Gasteiger charge is 2.40. The fourth-order valence-corrected chi connectivity index (χ4v) is 5.39. The zero-order valence-electron chi connectivity index (χ0n) is 21.3. The van der Waals surface area contributed by atoms with Crippen LogP contribution in [-0.4, -0.2) is 26.7 Å². The summed E-state index contributed by atoms with van der Waals surface area (Å²) < 4.78 is 8.64. The van der Waals surface area contributed by atoms with Crippen LogP contribution in [0.15, 0.2) is 18.2 Å². The molecule has 0 aliphatic heterocycles. The molecule has 0 bridgehead atoms. The molecule has 2 aliphatic rings. The number of rotatable bonds is 11. The molecule has 5 heteroatoms. The van der Waals surface area contributed by atoms with Gasteiger partial charge < -0.3 is 9.30 Å².